The number of unbranched alkanes of at least 4 members (excludes halogenated alkanes) is 12. The molecule has 0 aliphatic carbocycles. The van der Waals surface area contributed by atoms with Crippen molar-refractivity contribution in [2.75, 3.05) is 13.1 Å². The monoisotopic (exact) mass is 368 g/mol. The molecule has 156 valence electrons. The van der Waals surface area contributed by atoms with Gasteiger partial charge in [-0.25, -0.2) is 0 Å². The van der Waals surface area contributed by atoms with Crippen molar-refractivity contribution in [3.05, 3.63) is 0 Å². The first kappa shape index (κ1) is 25.4. The fourth-order valence-corrected chi connectivity index (χ4v) is 3.61. The van der Waals surface area contributed by atoms with Gasteiger partial charge in [-0.2, -0.15) is 0 Å². The lowest BCUT2D eigenvalue weighted by Crippen LogP contribution is -2.46. The van der Waals surface area contributed by atoms with Crippen molar-refractivity contribution in [1.29, 1.82) is 0 Å². The number of amides is 1. The molecular weight excluding hydrogens is 320 g/mol. The molecule has 1 atom stereocenters. The van der Waals surface area contributed by atoms with E-state index < -0.39 is 0 Å². The molecule has 0 radical (unpaired) electrons. The molecular formula is C23H48N2O. The lowest BCUT2D eigenvalue weighted by molar-refractivity contribution is -0.123. The maximum Gasteiger partial charge on any atom is 0.221 e. The first-order chi connectivity index (χ1) is 12.7. The summed E-state index contributed by atoms with van der Waals surface area (Å²) in [6.07, 6.45) is 19.5. The largest absolute Gasteiger partial charge is 0.341 e. The Balaban J connectivity index is 3.40. The maximum atomic E-state index is 12.0. The molecule has 1 N–H and O–H groups in total. The minimum Gasteiger partial charge on any atom is -0.341 e. The highest BCUT2D eigenvalue weighted by Crippen LogP contribution is 2.13. The quantitative estimate of drug-likeness (QED) is 0.204. The molecule has 0 rings (SSSR count). The standard InChI is InChI=1S/C23H48N2O/c1-5-8-9-10-11-12-13-14-15-16-17-18-19-20-23(26)24-22(4)25(7-3)21-6-2/h22H,5-21H2,1-4H3,(H,24,26). The number of rotatable bonds is 19. The zero-order chi connectivity index (χ0) is 19.5. The van der Waals surface area contributed by atoms with Crippen LogP contribution in [0.2, 0.25) is 0 Å². The topological polar surface area (TPSA) is 32.3 Å². The third-order valence-electron chi connectivity index (χ3n) is 5.34. The summed E-state index contributed by atoms with van der Waals surface area (Å²) in [5.74, 6) is 0.218. The van der Waals surface area contributed by atoms with Gasteiger partial charge in [0.2, 0.25) is 5.91 Å². The molecule has 0 fully saturated rings. The molecule has 0 aromatic carbocycles. The molecule has 1 unspecified atom stereocenters. The first-order valence-corrected chi connectivity index (χ1v) is 11.7. The van der Waals surface area contributed by atoms with Crippen LogP contribution in [0.4, 0.5) is 0 Å². The van der Waals surface area contributed by atoms with E-state index in [9.17, 15) is 4.79 Å². The summed E-state index contributed by atoms with van der Waals surface area (Å²) in [5.41, 5.74) is 0. The smallest absolute Gasteiger partial charge is 0.221 e. The first-order valence-electron chi connectivity index (χ1n) is 11.7. The van der Waals surface area contributed by atoms with Crippen LogP contribution in [0.1, 0.15) is 124 Å². The zero-order valence-corrected chi connectivity index (χ0v) is 18.5. The second kappa shape index (κ2) is 19.2. The molecule has 3 nitrogen and oxygen atoms in total. The maximum absolute atomic E-state index is 12.0. The molecule has 26 heavy (non-hydrogen) atoms. The Hall–Kier alpha value is -0.570. The zero-order valence-electron chi connectivity index (χ0n) is 18.5. The van der Waals surface area contributed by atoms with E-state index in [1.807, 2.05) is 0 Å². The Bertz CT molecular complexity index is 307. The van der Waals surface area contributed by atoms with Crippen LogP contribution >= 0.6 is 0 Å². The van der Waals surface area contributed by atoms with Gasteiger partial charge in [0, 0.05) is 6.42 Å². The molecule has 3 heteroatoms. The fraction of sp³-hybridized carbons (Fsp3) is 0.957. The second-order valence-corrected chi connectivity index (χ2v) is 7.86. The van der Waals surface area contributed by atoms with Gasteiger partial charge in [-0.3, -0.25) is 9.69 Å². The van der Waals surface area contributed by atoms with Gasteiger partial charge < -0.3 is 5.32 Å². The highest BCUT2D eigenvalue weighted by atomic mass is 16.1. The Labute approximate surface area is 164 Å². The van der Waals surface area contributed by atoms with Gasteiger partial charge in [0.15, 0.2) is 0 Å². The van der Waals surface area contributed by atoms with E-state index in [2.05, 4.69) is 37.9 Å². The molecule has 1 amide bonds. The summed E-state index contributed by atoms with van der Waals surface area (Å²) in [4.78, 5) is 14.4. The number of carbonyl (C=O) groups excluding carboxylic acids is 1. The fourth-order valence-electron chi connectivity index (χ4n) is 3.61. The summed E-state index contributed by atoms with van der Waals surface area (Å²) in [5, 5.41) is 3.15. The van der Waals surface area contributed by atoms with Crippen LogP contribution in [0.3, 0.4) is 0 Å². The molecule has 0 aromatic heterocycles. The predicted octanol–water partition coefficient (Wildman–Crippen LogP) is 6.66. The highest BCUT2D eigenvalue weighted by molar-refractivity contribution is 5.76. The third kappa shape index (κ3) is 15.7. The van der Waals surface area contributed by atoms with E-state index in [4.69, 9.17) is 0 Å². The highest BCUT2D eigenvalue weighted by Gasteiger charge is 2.13. The van der Waals surface area contributed by atoms with E-state index in [0.29, 0.717) is 6.42 Å². The Morgan fingerprint density at radius 1 is 0.731 bits per heavy atom. The number of carbonyl (C=O) groups is 1. The van der Waals surface area contributed by atoms with Crippen molar-refractivity contribution in [1.82, 2.24) is 10.2 Å². The molecule has 0 spiro atoms. The molecule has 0 aliphatic heterocycles. The molecule has 0 bridgehead atoms. The summed E-state index contributed by atoms with van der Waals surface area (Å²) >= 11 is 0. The Morgan fingerprint density at radius 3 is 1.62 bits per heavy atom. The normalized spacial score (nSPS) is 12.5. The van der Waals surface area contributed by atoms with Gasteiger partial charge in [-0.1, -0.05) is 97.8 Å². The lowest BCUT2D eigenvalue weighted by Gasteiger charge is -2.28. The van der Waals surface area contributed by atoms with Crippen molar-refractivity contribution < 1.29 is 4.79 Å². The number of hydrogen-bond donors (Lipinski definition) is 1. The van der Waals surface area contributed by atoms with Crippen LogP contribution in [0.5, 0.6) is 0 Å². The SMILES string of the molecule is CCCCCCCCCCCCCCCC(=O)NC(C)N(CC)CCC. The van der Waals surface area contributed by atoms with Crippen LogP contribution in [0, 0.1) is 0 Å². The van der Waals surface area contributed by atoms with E-state index in [0.717, 1.165) is 25.9 Å². The third-order valence-corrected chi connectivity index (χ3v) is 5.34. The van der Waals surface area contributed by atoms with Crippen molar-refractivity contribution in [3.8, 4) is 0 Å². The van der Waals surface area contributed by atoms with Crippen molar-refractivity contribution >= 4 is 5.91 Å². The summed E-state index contributed by atoms with van der Waals surface area (Å²) in [6, 6.07) is 0. The lowest BCUT2D eigenvalue weighted by atomic mass is 10.0. The van der Waals surface area contributed by atoms with Gasteiger partial charge in [0.25, 0.3) is 0 Å². The van der Waals surface area contributed by atoms with Crippen LogP contribution in [0.25, 0.3) is 0 Å². The van der Waals surface area contributed by atoms with Gasteiger partial charge in [-0.05, 0) is 32.9 Å². The van der Waals surface area contributed by atoms with Crippen LogP contribution in [0.15, 0.2) is 0 Å². The van der Waals surface area contributed by atoms with Gasteiger partial charge in [-0.15, -0.1) is 0 Å². The minimum atomic E-state index is 0.162. The number of nitrogens with zero attached hydrogens (tertiary/aromatic N) is 1. The average molecular weight is 369 g/mol. The summed E-state index contributed by atoms with van der Waals surface area (Å²) < 4.78 is 0. The number of hydrogen-bond acceptors (Lipinski definition) is 2. The molecule has 0 heterocycles. The van der Waals surface area contributed by atoms with E-state index >= 15 is 0 Å². The van der Waals surface area contributed by atoms with E-state index in [1.165, 1.54) is 77.0 Å². The van der Waals surface area contributed by atoms with Gasteiger partial charge in [0.05, 0.1) is 6.17 Å². The predicted molar refractivity (Wildman–Crippen MR) is 115 cm³/mol. The average Bonchev–Trinajstić information content (AvgIpc) is 2.63. The van der Waals surface area contributed by atoms with Crippen molar-refractivity contribution in [2.24, 2.45) is 0 Å². The summed E-state index contributed by atoms with van der Waals surface area (Å²) in [6.45, 7) is 10.8. The van der Waals surface area contributed by atoms with Gasteiger partial charge >= 0.3 is 0 Å². The van der Waals surface area contributed by atoms with Gasteiger partial charge in [0.1, 0.15) is 0 Å². The number of nitrogens with one attached hydrogen (secondary N) is 1. The van der Waals surface area contributed by atoms with Crippen molar-refractivity contribution in [3.63, 3.8) is 0 Å². The van der Waals surface area contributed by atoms with Crippen LogP contribution in [-0.4, -0.2) is 30.1 Å². The molecule has 0 aromatic rings. The molecule has 0 aliphatic rings. The molecule has 0 saturated carbocycles. The van der Waals surface area contributed by atoms with E-state index in [-0.39, 0.29) is 12.1 Å². The van der Waals surface area contributed by atoms with Crippen LogP contribution < -0.4 is 5.32 Å². The Kier molecular flexibility index (Phi) is 18.8. The van der Waals surface area contributed by atoms with Crippen molar-refractivity contribution in [2.45, 2.75) is 130 Å². The van der Waals surface area contributed by atoms with Crippen LogP contribution in [-0.2, 0) is 4.79 Å². The van der Waals surface area contributed by atoms with E-state index in [1.54, 1.807) is 0 Å². The summed E-state index contributed by atoms with van der Waals surface area (Å²) in [7, 11) is 0. The second-order valence-electron chi connectivity index (χ2n) is 7.86. The Morgan fingerprint density at radius 2 is 1.19 bits per heavy atom. The molecule has 0 saturated heterocycles. The minimum absolute atomic E-state index is 0.162.